The van der Waals surface area contributed by atoms with E-state index in [2.05, 4.69) is 70.5 Å². The van der Waals surface area contributed by atoms with Gasteiger partial charge < -0.3 is 29.1 Å². The van der Waals surface area contributed by atoms with Crippen molar-refractivity contribution >= 4 is 34.2 Å². The molecule has 4 aromatic rings. The van der Waals surface area contributed by atoms with Gasteiger partial charge in [-0.25, -0.2) is 14.8 Å². The number of rotatable bonds is 6. The molecule has 226 valence electrons. The predicted molar refractivity (Wildman–Crippen MR) is 172 cm³/mol. The van der Waals surface area contributed by atoms with Crippen LogP contribution in [0.15, 0.2) is 42.7 Å². The maximum absolute atomic E-state index is 13.0. The lowest BCUT2D eigenvalue weighted by Gasteiger charge is -2.35. The summed E-state index contributed by atoms with van der Waals surface area (Å²) in [5.41, 5.74) is 8.07. The quantitative estimate of drug-likeness (QED) is 0.302. The molecule has 9 heteroatoms. The molecule has 2 aromatic heterocycles. The molecule has 9 nitrogen and oxygen atoms in total. The van der Waals surface area contributed by atoms with Crippen molar-refractivity contribution in [3.05, 3.63) is 65.1 Å². The summed E-state index contributed by atoms with van der Waals surface area (Å²) in [5, 5.41) is 11.6. The summed E-state index contributed by atoms with van der Waals surface area (Å²) in [6.45, 7) is 17.3. The second-order valence-corrected chi connectivity index (χ2v) is 13.0. The van der Waals surface area contributed by atoms with Crippen molar-refractivity contribution in [2.24, 2.45) is 0 Å². The Hall–Kier alpha value is -3.95. The maximum atomic E-state index is 13.0. The molecular weight excluding hydrogens is 540 g/mol. The molecule has 0 amide bonds. The summed E-state index contributed by atoms with van der Waals surface area (Å²) in [4.78, 5) is 29.5. The number of piperazine rings is 1. The van der Waals surface area contributed by atoms with Crippen LogP contribution in [0, 0.1) is 20.8 Å². The fourth-order valence-corrected chi connectivity index (χ4v) is 6.52. The smallest absolute Gasteiger partial charge is 0.337 e. The minimum Gasteiger partial charge on any atom is -0.479 e. The first-order valence-corrected chi connectivity index (χ1v) is 15.1. The van der Waals surface area contributed by atoms with Gasteiger partial charge in [-0.1, -0.05) is 29.8 Å². The van der Waals surface area contributed by atoms with Crippen LogP contribution >= 0.6 is 0 Å². The lowest BCUT2D eigenvalue weighted by Crippen LogP contribution is -2.44. The first-order valence-electron chi connectivity index (χ1n) is 15.1. The van der Waals surface area contributed by atoms with Crippen LogP contribution in [0.2, 0.25) is 0 Å². The van der Waals surface area contributed by atoms with Gasteiger partial charge in [0.1, 0.15) is 0 Å². The van der Waals surface area contributed by atoms with Gasteiger partial charge >= 0.3 is 5.97 Å². The van der Waals surface area contributed by atoms with Crippen molar-refractivity contribution < 1.29 is 14.6 Å². The van der Waals surface area contributed by atoms with Gasteiger partial charge in [0.15, 0.2) is 6.10 Å². The third-order valence-corrected chi connectivity index (χ3v) is 8.68. The highest BCUT2D eigenvalue weighted by molar-refractivity contribution is 6.08. The summed E-state index contributed by atoms with van der Waals surface area (Å²) < 4.78 is 8.66. The molecule has 2 aliphatic heterocycles. The second kappa shape index (κ2) is 11.0. The lowest BCUT2D eigenvalue weighted by atomic mass is 9.87. The minimum atomic E-state index is -1.16. The molecule has 1 N–H and O–H groups in total. The number of anilines is 3. The molecule has 6 rings (SSSR count). The second-order valence-electron chi connectivity index (χ2n) is 13.0. The molecule has 4 heterocycles. The molecule has 0 spiro atoms. The fourth-order valence-electron chi connectivity index (χ4n) is 6.52. The number of ether oxygens (including phenoxy) is 1. The van der Waals surface area contributed by atoms with Crippen LogP contribution in [0.25, 0.3) is 22.0 Å². The zero-order chi connectivity index (χ0) is 30.6. The Labute approximate surface area is 253 Å². The van der Waals surface area contributed by atoms with E-state index in [4.69, 9.17) is 14.7 Å². The Kier molecular flexibility index (Phi) is 7.42. The van der Waals surface area contributed by atoms with E-state index >= 15 is 0 Å². The summed E-state index contributed by atoms with van der Waals surface area (Å²) in [5.74, 6) is -0.394. The van der Waals surface area contributed by atoms with Crippen LogP contribution in [0.4, 0.5) is 17.3 Å². The number of benzene rings is 2. The van der Waals surface area contributed by atoms with E-state index in [9.17, 15) is 9.90 Å². The highest BCUT2D eigenvalue weighted by Gasteiger charge is 2.36. The monoisotopic (exact) mass is 582 g/mol. The Morgan fingerprint density at radius 3 is 2.21 bits per heavy atom. The van der Waals surface area contributed by atoms with E-state index in [-0.39, 0.29) is 0 Å². The van der Waals surface area contributed by atoms with Gasteiger partial charge in [0.25, 0.3) is 0 Å². The molecular formula is C34H42N6O3. The largest absolute Gasteiger partial charge is 0.479 e. The number of aromatic nitrogens is 3. The summed E-state index contributed by atoms with van der Waals surface area (Å²) >= 11 is 0. The van der Waals surface area contributed by atoms with Crippen molar-refractivity contribution in [3.8, 4) is 11.1 Å². The van der Waals surface area contributed by atoms with Crippen molar-refractivity contribution in [1.82, 2.24) is 19.4 Å². The normalized spacial score (nSPS) is 16.6. The Balaban J connectivity index is 1.56. The van der Waals surface area contributed by atoms with Crippen LogP contribution in [0.3, 0.4) is 0 Å². The minimum absolute atomic E-state index is 0.616. The van der Waals surface area contributed by atoms with Gasteiger partial charge in [-0.2, -0.15) is 0 Å². The summed E-state index contributed by atoms with van der Waals surface area (Å²) in [7, 11) is 2.15. The zero-order valence-corrected chi connectivity index (χ0v) is 26.3. The Bertz CT molecular complexity index is 1660. The van der Waals surface area contributed by atoms with Crippen LogP contribution in [-0.2, 0) is 16.1 Å². The van der Waals surface area contributed by atoms with Crippen molar-refractivity contribution in [1.29, 1.82) is 0 Å². The van der Waals surface area contributed by atoms with Gasteiger partial charge in [-0.3, -0.25) is 0 Å². The molecule has 0 bridgehead atoms. The van der Waals surface area contributed by atoms with E-state index in [1.54, 1.807) is 0 Å². The highest BCUT2D eigenvalue weighted by atomic mass is 16.5. The third kappa shape index (κ3) is 5.36. The van der Waals surface area contributed by atoms with E-state index < -0.39 is 17.7 Å². The van der Waals surface area contributed by atoms with Gasteiger partial charge in [0, 0.05) is 55.9 Å². The predicted octanol–water partition coefficient (Wildman–Crippen LogP) is 5.87. The van der Waals surface area contributed by atoms with E-state index in [0.717, 1.165) is 82.9 Å². The van der Waals surface area contributed by atoms with Crippen LogP contribution in [0.1, 0.15) is 49.3 Å². The van der Waals surface area contributed by atoms with E-state index in [1.807, 2.05) is 40.1 Å². The summed E-state index contributed by atoms with van der Waals surface area (Å²) in [6.07, 6.45) is 2.68. The Morgan fingerprint density at radius 2 is 1.60 bits per heavy atom. The molecule has 1 fully saturated rings. The lowest BCUT2D eigenvalue weighted by molar-refractivity contribution is -0.160. The number of hydrogen-bond acceptors (Lipinski definition) is 7. The first-order chi connectivity index (χ1) is 20.4. The third-order valence-electron chi connectivity index (χ3n) is 8.68. The van der Waals surface area contributed by atoms with E-state index in [1.165, 1.54) is 0 Å². The molecule has 0 radical (unpaired) electrons. The number of carboxylic acid groups (broad SMARTS) is 1. The number of hydrogen-bond donors (Lipinski definition) is 1. The number of nitrogens with zero attached hydrogens (tertiary/aromatic N) is 6. The Morgan fingerprint density at radius 1 is 0.953 bits per heavy atom. The molecule has 0 saturated carbocycles. The standard InChI is InChI=1S/C34H42N6O3/c1-21-8-10-24(11-9-21)28-26-18-22(2)39-16-17-40(33-35-19-25(20-36-33)38-14-12-37(7)13-15-38)29(30(26)39)23(3)27(28)31(32(41)42)43-34(4,5)6/h8-11,18-20,31H,12-17H2,1-7H3,(H,41,42)/t31-/m0/s1. The number of carboxylic acids is 1. The molecule has 0 aliphatic carbocycles. The van der Waals surface area contributed by atoms with Crippen LogP contribution < -0.4 is 9.80 Å². The molecule has 2 aromatic carbocycles. The van der Waals surface area contributed by atoms with Crippen molar-refractivity contribution in [2.45, 2.75) is 59.8 Å². The molecule has 1 saturated heterocycles. The molecule has 1 atom stereocenters. The van der Waals surface area contributed by atoms with E-state index in [0.29, 0.717) is 18.1 Å². The van der Waals surface area contributed by atoms with Gasteiger partial charge in [0.05, 0.1) is 34.9 Å². The molecule has 2 aliphatic rings. The maximum Gasteiger partial charge on any atom is 0.337 e. The van der Waals surface area contributed by atoms with Crippen LogP contribution in [0.5, 0.6) is 0 Å². The molecule has 0 unspecified atom stereocenters. The van der Waals surface area contributed by atoms with Gasteiger partial charge in [-0.05, 0) is 71.3 Å². The first kappa shape index (κ1) is 29.1. The SMILES string of the molecule is Cc1ccc(-c2c([C@H](OC(C)(C)C)C(=O)O)c(C)c3c4c2cc(C)n4CCN3c2ncc(N3CCN(C)CC3)cn2)cc1. The fraction of sp³-hybridized carbons (Fsp3) is 0.441. The average Bonchev–Trinajstić information content (AvgIpc) is 3.30. The zero-order valence-electron chi connectivity index (χ0n) is 26.3. The number of likely N-dealkylation sites (N-methyl/N-ethyl adjacent to an activating group) is 1. The van der Waals surface area contributed by atoms with Crippen LogP contribution in [-0.4, -0.2) is 75.9 Å². The van der Waals surface area contributed by atoms with Crippen molar-refractivity contribution in [2.75, 3.05) is 49.6 Å². The van der Waals surface area contributed by atoms with Gasteiger partial charge in [0.2, 0.25) is 5.95 Å². The number of aryl methyl sites for hydroxylation is 2. The number of aliphatic carboxylic acids is 1. The van der Waals surface area contributed by atoms with Gasteiger partial charge in [-0.15, -0.1) is 0 Å². The summed E-state index contributed by atoms with van der Waals surface area (Å²) in [6, 6.07) is 10.5. The van der Waals surface area contributed by atoms with Crippen molar-refractivity contribution in [3.63, 3.8) is 0 Å². The average molecular weight is 583 g/mol. The highest BCUT2D eigenvalue weighted by Crippen LogP contribution is 2.49. The molecule has 43 heavy (non-hydrogen) atoms. The topological polar surface area (TPSA) is 87.0 Å². The number of carbonyl (C=O) groups is 1.